The van der Waals surface area contributed by atoms with Crippen molar-refractivity contribution in [3.05, 3.63) is 64.7 Å². The third-order valence-electron chi connectivity index (χ3n) is 5.65. The second kappa shape index (κ2) is 9.98. The number of amides is 1. The lowest BCUT2D eigenvalue weighted by Gasteiger charge is -2.25. The molecule has 2 aromatic carbocycles. The summed E-state index contributed by atoms with van der Waals surface area (Å²) >= 11 is 1.70. The summed E-state index contributed by atoms with van der Waals surface area (Å²) in [7, 11) is 0. The highest BCUT2D eigenvalue weighted by atomic mass is 32.2. The zero-order chi connectivity index (χ0) is 22.7. The largest absolute Gasteiger partial charge is 0.486 e. The Morgan fingerprint density at radius 2 is 1.66 bits per heavy atom. The zero-order valence-corrected chi connectivity index (χ0v) is 19.7. The van der Waals surface area contributed by atoms with Crippen LogP contribution in [0, 0.1) is 6.92 Å². The summed E-state index contributed by atoms with van der Waals surface area (Å²) in [5, 5.41) is 10.5. The van der Waals surface area contributed by atoms with Crippen molar-refractivity contribution in [2.75, 3.05) is 39.4 Å². The van der Waals surface area contributed by atoms with Crippen molar-refractivity contribution in [3.63, 3.8) is 0 Å². The van der Waals surface area contributed by atoms with E-state index in [2.05, 4.69) is 10.4 Å². The number of ether oxygens (including phenoxy) is 2. The van der Waals surface area contributed by atoms with Gasteiger partial charge in [0.2, 0.25) is 0 Å². The number of hydrogen-bond acceptors (Lipinski definition) is 6. The van der Waals surface area contributed by atoms with Crippen molar-refractivity contribution in [2.45, 2.75) is 31.8 Å². The molecule has 0 saturated carbocycles. The molecule has 0 aliphatic carbocycles. The molecule has 0 bridgehead atoms. The van der Waals surface area contributed by atoms with Gasteiger partial charge >= 0.3 is 0 Å². The van der Waals surface area contributed by atoms with Gasteiger partial charge < -0.3 is 19.5 Å². The Bertz CT molecular complexity index is 1000. The molecular formula is C25H30N2O4S. The molecule has 1 amide bonds. The fourth-order valence-corrected chi connectivity index (χ4v) is 5.18. The maximum atomic E-state index is 12.8. The van der Waals surface area contributed by atoms with Crippen molar-refractivity contribution < 1.29 is 19.4 Å². The number of carbonyl (C=O) groups excluding carboxylic acids is 1. The molecule has 170 valence electrons. The molecular weight excluding hydrogens is 424 g/mol. The van der Waals surface area contributed by atoms with E-state index in [0.717, 1.165) is 35.0 Å². The molecule has 0 aromatic heterocycles. The molecule has 5 rings (SSSR count). The molecule has 0 fully saturated rings. The van der Waals surface area contributed by atoms with Crippen LogP contribution in [0.3, 0.4) is 0 Å². The monoisotopic (exact) mass is 454 g/mol. The maximum absolute atomic E-state index is 12.8. The Balaban J connectivity index is 0.00000119. The summed E-state index contributed by atoms with van der Waals surface area (Å²) in [6.45, 7) is 9.96. The average molecular weight is 455 g/mol. The Kier molecular flexibility index (Phi) is 7.08. The van der Waals surface area contributed by atoms with E-state index in [-0.39, 0.29) is 5.91 Å². The molecule has 0 radical (unpaired) electrons. The van der Waals surface area contributed by atoms with Crippen LogP contribution in [0.5, 0.6) is 11.5 Å². The quantitative estimate of drug-likeness (QED) is 0.557. The van der Waals surface area contributed by atoms with Crippen molar-refractivity contribution in [2.24, 2.45) is 0 Å². The first-order valence-corrected chi connectivity index (χ1v) is 11.9. The zero-order valence-electron chi connectivity index (χ0n) is 18.8. The third kappa shape index (κ3) is 4.80. The van der Waals surface area contributed by atoms with E-state index >= 15 is 0 Å². The molecule has 1 atom stereocenters. The summed E-state index contributed by atoms with van der Waals surface area (Å²) in [4.78, 5) is 15.7. The molecule has 3 aliphatic heterocycles. The van der Waals surface area contributed by atoms with Crippen molar-refractivity contribution in [1.82, 2.24) is 9.21 Å². The van der Waals surface area contributed by atoms with Gasteiger partial charge in [-0.1, -0.05) is 43.7 Å². The van der Waals surface area contributed by atoms with E-state index in [0.29, 0.717) is 31.9 Å². The summed E-state index contributed by atoms with van der Waals surface area (Å²) < 4.78 is 13.6. The molecule has 0 spiro atoms. The van der Waals surface area contributed by atoms with E-state index in [1.807, 2.05) is 51.1 Å². The SMILES string of the molecule is CC.Cc1cccc(C(O)C(=O)N2CC3=C(CN(Sc4ccc5c(c4)OCCO5)C3)C2)c1. The van der Waals surface area contributed by atoms with Crippen LogP contribution >= 0.6 is 11.9 Å². The summed E-state index contributed by atoms with van der Waals surface area (Å²) in [5.74, 6) is 1.38. The van der Waals surface area contributed by atoms with E-state index < -0.39 is 6.10 Å². The second-order valence-electron chi connectivity index (χ2n) is 7.91. The molecule has 0 saturated heterocycles. The van der Waals surface area contributed by atoms with Gasteiger partial charge in [-0.05, 0) is 53.8 Å². The molecule has 1 unspecified atom stereocenters. The standard InChI is InChI=1S/C23H24N2O4S.C2H6/c1-15-3-2-4-16(9-15)22(26)23(27)24-11-17-13-25(14-18(17)12-24)30-19-5-6-20-21(10-19)29-8-7-28-20;1-2/h2-6,9-10,22,26H,7-8,11-14H2,1H3;1-2H3. The first-order valence-electron chi connectivity index (χ1n) is 11.1. The molecule has 2 aromatic rings. The number of aliphatic hydroxyl groups is 1. The van der Waals surface area contributed by atoms with Crippen molar-refractivity contribution in [3.8, 4) is 11.5 Å². The minimum Gasteiger partial charge on any atom is -0.486 e. The summed E-state index contributed by atoms with van der Waals surface area (Å²) in [6, 6.07) is 13.5. The van der Waals surface area contributed by atoms with E-state index in [4.69, 9.17) is 9.47 Å². The van der Waals surface area contributed by atoms with Gasteiger partial charge in [-0.3, -0.25) is 4.79 Å². The second-order valence-corrected chi connectivity index (χ2v) is 9.08. The van der Waals surface area contributed by atoms with E-state index in [9.17, 15) is 9.90 Å². The van der Waals surface area contributed by atoms with Gasteiger partial charge in [-0.15, -0.1) is 0 Å². The lowest BCUT2D eigenvalue weighted by Crippen LogP contribution is -2.36. The van der Waals surface area contributed by atoms with Gasteiger partial charge in [-0.2, -0.15) is 0 Å². The maximum Gasteiger partial charge on any atom is 0.256 e. The third-order valence-corrected chi connectivity index (χ3v) is 6.63. The highest BCUT2D eigenvalue weighted by Crippen LogP contribution is 2.38. The highest BCUT2D eigenvalue weighted by molar-refractivity contribution is 7.97. The number of benzene rings is 2. The van der Waals surface area contributed by atoms with Gasteiger partial charge in [0.25, 0.3) is 5.91 Å². The molecule has 3 aliphatic rings. The summed E-state index contributed by atoms with van der Waals surface area (Å²) in [5.41, 5.74) is 4.26. The van der Waals surface area contributed by atoms with Crippen LogP contribution in [0.25, 0.3) is 0 Å². The number of aryl methyl sites for hydroxylation is 1. The minimum atomic E-state index is -1.10. The van der Waals surface area contributed by atoms with Crippen LogP contribution in [-0.4, -0.2) is 59.6 Å². The molecule has 32 heavy (non-hydrogen) atoms. The Morgan fingerprint density at radius 1 is 0.969 bits per heavy atom. The van der Waals surface area contributed by atoms with Crippen molar-refractivity contribution in [1.29, 1.82) is 0 Å². The van der Waals surface area contributed by atoms with Crippen LogP contribution in [0.15, 0.2) is 58.5 Å². The van der Waals surface area contributed by atoms with Gasteiger partial charge in [-0.25, -0.2) is 4.31 Å². The van der Waals surface area contributed by atoms with Crippen LogP contribution in [0.1, 0.15) is 31.1 Å². The molecule has 7 heteroatoms. The predicted molar refractivity (Wildman–Crippen MR) is 126 cm³/mol. The highest BCUT2D eigenvalue weighted by Gasteiger charge is 2.35. The van der Waals surface area contributed by atoms with Gasteiger partial charge in [0.15, 0.2) is 17.6 Å². The Morgan fingerprint density at radius 3 is 2.34 bits per heavy atom. The fourth-order valence-electron chi connectivity index (χ4n) is 4.15. The molecule has 3 heterocycles. The smallest absolute Gasteiger partial charge is 0.256 e. The van der Waals surface area contributed by atoms with Gasteiger partial charge in [0, 0.05) is 31.1 Å². The number of aliphatic hydroxyl groups excluding tert-OH is 1. The minimum absolute atomic E-state index is 0.221. The molecule has 6 nitrogen and oxygen atoms in total. The number of nitrogens with zero attached hydrogens (tertiary/aromatic N) is 2. The number of fused-ring (bicyclic) bond motifs is 1. The van der Waals surface area contributed by atoms with Crippen LogP contribution in [0.2, 0.25) is 0 Å². The first kappa shape index (κ1) is 22.7. The predicted octanol–water partition coefficient (Wildman–Crippen LogP) is 3.99. The van der Waals surface area contributed by atoms with Crippen molar-refractivity contribution >= 4 is 17.9 Å². The molecule has 1 N–H and O–H groups in total. The van der Waals surface area contributed by atoms with E-state index in [1.165, 1.54) is 11.1 Å². The van der Waals surface area contributed by atoms with Crippen LogP contribution < -0.4 is 9.47 Å². The fraction of sp³-hybridized carbons (Fsp3) is 0.400. The Labute approximate surface area is 193 Å². The van der Waals surface area contributed by atoms with Crippen LogP contribution in [-0.2, 0) is 4.79 Å². The van der Waals surface area contributed by atoms with Gasteiger partial charge in [0.05, 0.1) is 0 Å². The number of carbonyl (C=O) groups is 1. The lowest BCUT2D eigenvalue weighted by molar-refractivity contribution is -0.139. The Hall–Kier alpha value is -2.48. The summed E-state index contributed by atoms with van der Waals surface area (Å²) in [6.07, 6.45) is -1.10. The normalized spacial score (nSPS) is 18.2. The van der Waals surface area contributed by atoms with Gasteiger partial charge in [0.1, 0.15) is 13.2 Å². The first-order chi connectivity index (χ1) is 15.6. The van der Waals surface area contributed by atoms with Crippen LogP contribution in [0.4, 0.5) is 0 Å². The van der Waals surface area contributed by atoms with E-state index in [1.54, 1.807) is 22.9 Å². The number of rotatable bonds is 4. The topological polar surface area (TPSA) is 62.2 Å². The number of hydrogen-bond donors (Lipinski definition) is 1. The lowest BCUT2D eigenvalue weighted by atomic mass is 10.1. The average Bonchev–Trinajstić information content (AvgIpc) is 3.38.